The summed E-state index contributed by atoms with van der Waals surface area (Å²) in [7, 11) is -3.01. The molecule has 8 nitrogen and oxygen atoms in total. The van der Waals surface area contributed by atoms with E-state index >= 15 is 0 Å². The van der Waals surface area contributed by atoms with Gasteiger partial charge in [-0.3, -0.25) is 9.78 Å². The Hall–Kier alpha value is -4.51. The second-order valence-corrected chi connectivity index (χ2v) is 9.92. The van der Waals surface area contributed by atoms with E-state index in [9.17, 15) is 22.0 Å². The summed E-state index contributed by atoms with van der Waals surface area (Å²) in [6, 6.07) is 17.4. The van der Waals surface area contributed by atoms with E-state index < -0.39 is 32.5 Å². The van der Waals surface area contributed by atoms with Crippen molar-refractivity contribution >= 4 is 27.3 Å². The molecule has 3 aromatic carbocycles. The number of hydrogen-bond acceptors (Lipinski definition) is 7. The normalized spacial score (nSPS) is 11.1. The molecule has 0 aliphatic carbocycles. The molecule has 1 heterocycles. The number of carbonyl (C=O) groups is 1. The Morgan fingerprint density at radius 1 is 0.974 bits per heavy atom. The van der Waals surface area contributed by atoms with E-state index in [2.05, 4.69) is 4.98 Å². The fraction of sp³-hybridized carbons (Fsp3) is 0.143. The molecule has 202 valence electrons. The average molecular weight is 554 g/mol. The molecule has 0 atom stereocenters. The van der Waals surface area contributed by atoms with Crippen LogP contribution in [0.1, 0.15) is 22.8 Å². The van der Waals surface area contributed by atoms with Crippen molar-refractivity contribution in [2.24, 2.45) is 0 Å². The second kappa shape index (κ2) is 11.9. The number of halogens is 2. The summed E-state index contributed by atoms with van der Waals surface area (Å²) in [5.74, 6) is -2.07. The van der Waals surface area contributed by atoms with Crippen molar-refractivity contribution in [3.8, 4) is 11.5 Å². The Kier molecular flexibility index (Phi) is 8.40. The Morgan fingerprint density at radius 2 is 1.72 bits per heavy atom. The van der Waals surface area contributed by atoms with Gasteiger partial charge in [0.15, 0.2) is 11.5 Å². The van der Waals surface area contributed by atoms with Crippen LogP contribution in [0.4, 0.5) is 20.2 Å². The number of pyridine rings is 1. The summed E-state index contributed by atoms with van der Waals surface area (Å²) in [4.78, 5) is 18.0. The number of nitrogens with one attached hydrogen (secondary N) is 1. The van der Waals surface area contributed by atoms with Gasteiger partial charge in [-0.2, -0.15) is 0 Å². The lowest BCUT2D eigenvalue weighted by Crippen LogP contribution is -2.31. The van der Waals surface area contributed by atoms with Gasteiger partial charge in [0, 0.05) is 48.0 Å². The first-order valence-corrected chi connectivity index (χ1v) is 13.3. The Morgan fingerprint density at radius 3 is 2.36 bits per heavy atom. The lowest BCUT2D eigenvalue weighted by Gasteiger charge is -2.26. The molecular weight excluding hydrogens is 528 g/mol. The van der Waals surface area contributed by atoms with Gasteiger partial charge in [0.2, 0.25) is 0 Å². The lowest BCUT2D eigenvalue weighted by atomic mass is 10.1. The number of amides is 1. The fourth-order valence-corrected chi connectivity index (χ4v) is 4.86. The van der Waals surface area contributed by atoms with Crippen molar-refractivity contribution in [2.45, 2.75) is 18.4 Å². The van der Waals surface area contributed by atoms with Crippen LogP contribution in [0.25, 0.3) is 0 Å². The molecule has 1 N–H and O–H groups in total. The Balaban J connectivity index is 1.63. The third-order valence-electron chi connectivity index (χ3n) is 5.67. The molecule has 4 rings (SSSR count). The molecule has 0 spiro atoms. The Bertz CT molecular complexity index is 1570. The van der Waals surface area contributed by atoms with Crippen molar-refractivity contribution in [1.82, 2.24) is 9.71 Å². The third-order valence-corrected chi connectivity index (χ3v) is 7.04. The van der Waals surface area contributed by atoms with Gasteiger partial charge in [-0.1, -0.05) is 6.07 Å². The maximum atomic E-state index is 14.0. The number of carbonyl (C=O) groups excluding carboxylic acids is 1. The maximum absolute atomic E-state index is 14.0. The van der Waals surface area contributed by atoms with E-state index in [-0.39, 0.29) is 5.56 Å². The number of benzene rings is 3. The van der Waals surface area contributed by atoms with E-state index in [1.54, 1.807) is 37.7 Å². The number of sulfonamides is 1. The Labute approximate surface area is 224 Å². The van der Waals surface area contributed by atoms with Crippen LogP contribution in [0.5, 0.6) is 11.5 Å². The van der Waals surface area contributed by atoms with Crippen LogP contribution < -0.4 is 19.1 Å². The first-order valence-electron chi connectivity index (χ1n) is 11.8. The SMILES string of the molecule is CCOc1cc(N(Cc2cccnc2)c2ccc(C(=O)NS(=O)(=O)c3ccc(F)cc3F)cc2)ccc1OC. The minimum absolute atomic E-state index is 0.0240. The molecule has 0 aliphatic rings. The van der Waals surface area contributed by atoms with Crippen molar-refractivity contribution in [1.29, 1.82) is 0 Å². The zero-order valence-electron chi connectivity index (χ0n) is 21.1. The van der Waals surface area contributed by atoms with E-state index in [4.69, 9.17) is 9.47 Å². The molecule has 0 unspecified atom stereocenters. The van der Waals surface area contributed by atoms with Gasteiger partial charge in [0.25, 0.3) is 15.9 Å². The highest BCUT2D eigenvalue weighted by molar-refractivity contribution is 7.90. The number of aromatic nitrogens is 1. The fourth-order valence-electron chi connectivity index (χ4n) is 3.83. The number of methoxy groups -OCH3 is 1. The number of ether oxygens (including phenoxy) is 2. The minimum Gasteiger partial charge on any atom is -0.493 e. The highest BCUT2D eigenvalue weighted by atomic mass is 32.2. The second-order valence-electron chi connectivity index (χ2n) is 8.27. The van der Waals surface area contributed by atoms with Crippen molar-refractivity contribution in [2.75, 3.05) is 18.6 Å². The quantitative estimate of drug-likeness (QED) is 0.287. The van der Waals surface area contributed by atoms with E-state index in [1.807, 2.05) is 40.8 Å². The smallest absolute Gasteiger partial charge is 0.267 e. The zero-order chi connectivity index (χ0) is 28.0. The molecule has 0 radical (unpaired) electrons. The predicted molar refractivity (Wildman–Crippen MR) is 142 cm³/mol. The van der Waals surface area contributed by atoms with Gasteiger partial charge in [-0.25, -0.2) is 21.9 Å². The number of anilines is 2. The molecule has 0 aliphatic heterocycles. The molecule has 4 aromatic rings. The van der Waals surface area contributed by atoms with Gasteiger partial charge in [-0.05, 0) is 67.1 Å². The zero-order valence-corrected chi connectivity index (χ0v) is 21.9. The molecule has 39 heavy (non-hydrogen) atoms. The van der Waals surface area contributed by atoms with E-state index in [0.29, 0.717) is 36.4 Å². The van der Waals surface area contributed by atoms with Crippen LogP contribution in [-0.4, -0.2) is 33.0 Å². The molecule has 1 aromatic heterocycles. The number of rotatable bonds is 10. The van der Waals surface area contributed by atoms with E-state index in [1.165, 1.54) is 12.1 Å². The van der Waals surface area contributed by atoms with Gasteiger partial charge in [0.1, 0.15) is 16.5 Å². The number of nitrogens with zero attached hydrogens (tertiary/aromatic N) is 2. The first kappa shape index (κ1) is 27.5. The molecule has 0 saturated heterocycles. The maximum Gasteiger partial charge on any atom is 0.267 e. The highest BCUT2D eigenvalue weighted by Crippen LogP contribution is 2.36. The van der Waals surface area contributed by atoms with Crippen LogP contribution >= 0.6 is 0 Å². The van der Waals surface area contributed by atoms with Gasteiger partial charge >= 0.3 is 0 Å². The lowest BCUT2D eigenvalue weighted by molar-refractivity contribution is 0.0981. The number of hydrogen-bond donors (Lipinski definition) is 1. The van der Waals surface area contributed by atoms with Crippen molar-refractivity contribution in [3.05, 3.63) is 108 Å². The van der Waals surface area contributed by atoms with Crippen LogP contribution in [0.3, 0.4) is 0 Å². The standard InChI is InChI=1S/C28H25F2N3O5S/c1-3-38-26-16-23(11-12-25(26)37-2)33(18-19-5-4-14-31-17-19)22-9-6-20(7-10-22)28(34)32-39(35,36)27-13-8-21(29)15-24(27)30/h4-17H,3,18H2,1-2H3,(H,32,34). The largest absolute Gasteiger partial charge is 0.493 e. The topological polar surface area (TPSA) is 97.8 Å². The first-order chi connectivity index (χ1) is 18.7. The monoisotopic (exact) mass is 553 g/mol. The summed E-state index contributed by atoms with van der Waals surface area (Å²) in [6.45, 7) is 2.74. The predicted octanol–water partition coefficient (Wildman–Crippen LogP) is 5.22. The van der Waals surface area contributed by atoms with Crippen molar-refractivity contribution < 1.29 is 31.5 Å². The third kappa shape index (κ3) is 6.50. The molecule has 11 heteroatoms. The minimum atomic E-state index is -4.57. The van der Waals surface area contributed by atoms with Gasteiger partial charge in [0.05, 0.1) is 13.7 Å². The van der Waals surface area contributed by atoms with Gasteiger partial charge < -0.3 is 14.4 Å². The molecular formula is C28H25F2N3O5S. The highest BCUT2D eigenvalue weighted by Gasteiger charge is 2.23. The molecule has 0 bridgehead atoms. The van der Waals surface area contributed by atoms with Crippen LogP contribution in [-0.2, 0) is 16.6 Å². The summed E-state index contributed by atoms with van der Waals surface area (Å²) in [6.07, 6.45) is 3.41. The van der Waals surface area contributed by atoms with Crippen LogP contribution in [0.15, 0.2) is 90.1 Å². The van der Waals surface area contributed by atoms with Crippen LogP contribution in [0.2, 0.25) is 0 Å². The van der Waals surface area contributed by atoms with E-state index in [0.717, 1.165) is 23.4 Å². The molecule has 1 amide bonds. The summed E-state index contributed by atoms with van der Waals surface area (Å²) < 4.78 is 65.2. The molecule has 0 saturated carbocycles. The molecule has 0 fully saturated rings. The summed E-state index contributed by atoms with van der Waals surface area (Å²) in [5, 5.41) is 0. The van der Waals surface area contributed by atoms with Crippen LogP contribution in [0, 0.1) is 11.6 Å². The van der Waals surface area contributed by atoms with Gasteiger partial charge in [-0.15, -0.1) is 0 Å². The average Bonchev–Trinajstić information content (AvgIpc) is 2.92. The summed E-state index contributed by atoms with van der Waals surface area (Å²) in [5.41, 5.74) is 2.40. The summed E-state index contributed by atoms with van der Waals surface area (Å²) >= 11 is 0. The van der Waals surface area contributed by atoms with Crippen molar-refractivity contribution in [3.63, 3.8) is 0 Å².